The zero-order valence-corrected chi connectivity index (χ0v) is 18.6. The number of benzene rings is 1. The van der Waals surface area contributed by atoms with Crippen molar-refractivity contribution in [3.63, 3.8) is 0 Å². The van der Waals surface area contributed by atoms with E-state index in [2.05, 4.69) is 11.7 Å². The maximum absolute atomic E-state index is 13.8. The molecule has 36 heavy (non-hydrogen) atoms. The number of halogens is 12. The fourth-order valence-corrected chi connectivity index (χ4v) is 3.90. The molecule has 0 bridgehead atoms. The van der Waals surface area contributed by atoms with Crippen molar-refractivity contribution in [1.29, 1.82) is 0 Å². The number of hydrogen-bond donors (Lipinski definition) is 0. The predicted molar refractivity (Wildman–Crippen MR) is 102 cm³/mol. The molecule has 1 saturated carbocycles. The summed E-state index contributed by atoms with van der Waals surface area (Å²) in [7, 11) is 0. The van der Waals surface area contributed by atoms with E-state index in [1.165, 1.54) is 12.1 Å². The van der Waals surface area contributed by atoms with Gasteiger partial charge in [-0.15, -0.1) is 0 Å². The maximum Gasteiger partial charge on any atom is 0.384 e. The number of alkyl halides is 12. The molecule has 0 amide bonds. The second-order valence-electron chi connectivity index (χ2n) is 8.68. The minimum Gasteiger partial charge on any atom is -0.455 e. The number of ether oxygens (including phenoxy) is 1. The summed E-state index contributed by atoms with van der Waals surface area (Å²) in [5.74, 6) is -37.0. The summed E-state index contributed by atoms with van der Waals surface area (Å²) in [6.07, 6.45) is -0.896. The lowest BCUT2D eigenvalue weighted by molar-refractivity contribution is -0.414. The number of carbonyl (C=O) groups excluding carboxylic acids is 1. The molecule has 1 aliphatic carbocycles. The van der Waals surface area contributed by atoms with E-state index in [9.17, 15) is 57.5 Å². The first-order valence-electron chi connectivity index (χ1n) is 10.8. The Kier molecular flexibility index (Phi) is 8.61. The molecular formula is C22H22F12O2. The first-order chi connectivity index (χ1) is 16.3. The van der Waals surface area contributed by atoms with E-state index in [1.54, 1.807) is 0 Å². The molecule has 2 nitrogen and oxygen atoms in total. The SMILES string of the molecule is CC[C@H]1CC[C@H](c2ccc(C(=O)OCC(F)(F)C(F)(F)C(F)(F)C(F)(F)C(F)(F)C(F)F)cc2)CC1. The molecule has 0 aromatic heterocycles. The van der Waals surface area contributed by atoms with Crippen LogP contribution in [0.1, 0.15) is 60.9 Å². The van der Waals surface area contributed by atoms with Crippen molar-refractivity contribution in [3.05, 3.63) is 35.4 Å². The van der Waals surface area contributed by atoms with Crippen molar-refractivity contribution >= 4 is 5.97 Å². The van der Waals surface area contributed by atoms with Gasteiger partial charge in [-0.2, -0.15) is 43.9 Å². The van der Waals surface area contributed by atoms with Gasteiger partial charge in [0, 0.05) is 0 Å². The van der Waals surface area contributed by atoms with E-state index in [-0.39, 0.29) is 5.92 Å². The number of carbonyl (C=O) groups is 1. The topological polar surface area (TPSA) is 26.3 Å². The number of esters is 1. The maximum atomic E-state index is 13.8. The average molecular weight is 546 g/mol. The summed E-state index contributed by atoms with van der Waals surface area (Å²) in [6.45, 7) is -0.857. The molecule has 0 atom stereocenters. The first-order valence-corrected chi connectivity index (χ1v) is 10.8. The molecule has 14 heteroatoms. The third kappa shape index (κ3) is 5.27. The van der Waals surface area contributed by atoms with Gasteiger partial charge in [-0.1, -0.05) is 25.5 Å². The van der Waals surface area contributed by atoms with E-state index >= 15 is 0 Å². The molecule has 0 heterocycles. The van der Waals surface area contributed by atoms with Crippen molar-refractivity contribution in [1.82, 2.24) is 0 Å². The fourth-order valence-electron chi connectivity index (χ4n) is 3.90. The van der Waals surface area contributed by atoms with Crippen LogP contribution in [-0.4, -0.2) is 48.6 Å². The van der Waals surface area contributed by atoms with Crippen molar-refractivity contribution in [2.24, 2.45) is 5.92 Å². The highest BCUT2D eigenvalue weighted by Crippen LogP contribution is 2.58. The van der Waals surface area contributed by atoms with Crippen molar-refractivity contribution in [2.45, 2.75) is 81.0 Å². The van der Waals surface area contributed by atoms with E-state index < -0.39 is 54.2 Å². The zero-order valence-electron chi connectivity index (χ0n) is 18.6. The van der Waals surface area contributed by atoms with E-state index in [1.807, 2.05) is 0 Å². The van der Waals surface area contributed by atoms with Crippen LogP contribution in [0.15, 0.2) is 24.3 Å². The zero-order chi connectivity index (χ0) is 27.7. The van der Waals surface area contributed by atoms with Gasteiger partial charge in [-0.25, -0.2) is 13.6 Å². The highest BCUT2D eigenvalue weighted by atomic mass is 19.4. The fraction of sp³-hybridized carbons (Fsp3) is 0.682. The Labute approximate surface area is 198 Å². The van der Waals surface area contributed by atoms with Crippen LogP contribution in [0.25, 0.3) is 0 Å². The molecular weight excluding hydrogens is 524 g/mol. The van der Waals surface area contributed by atoms with Gasteiger partial charge >= 0.3 is 42.0 Å². The molecule has 0 N–H and O–H groups in total. The van der Waals surface area contributed by atoms with Crippen molar-refractivity contribution in [2.75, 3.05) is 6.61 Å². The van der Waals surface area contributed by atoms with E-state index in [4.69, 9.17) is 0 Å². The lowest BCUT2D eigenvalue weighted by atomic mass is 9.78. The molecule has 0 aliphatic heterocycles. The highest BCUT2D eigenvalue weighted by molar-refractivity contribution is 5.89. The van der Waals surface area contributed by atoms with Gasteiger partial charge in [0.1, 0.15) is 0 Å². The quantitative estimate of drug-likeness (QED) is 0.220. The minimum atomic E-state index is -7.66. The Bertz CT molecular complexity index is 891. The third-order valence-corrected chi connectivity index (χ3v) is 6.37. The lowest BCUT2D eigenvalue weighted by Gasteiger charge is -2.38. The lowest BCUT2D eigenvalue weighted by Crippen LogP contribution is -2.69. The molecule has 1 aromatic rings. The minimum absolute atomic E-state index is 0.149. The highest BCUT2D eigenvalue weighted by Gasteiger charge is 2.87. The van der Waals surface area contributed by atoms with Crippen molar-refractivity contribution < 1.29 is 62.2 Å². The molecule has 1 aliphatic rings. The van der Waals surface area contributed by atoms with Gasteiger partial charge in [0.15, 0.2) is 6.61 Å². The second kappa shape index (κ2) is 10.3. The van der Waals surface area contributed by atoms with Crippen LogP contribution in [0.3, 0.4) is 0 Å². The van der Waals surface area contributed by atoms with E-state index in [0.29, 0.717) is 5.92 Å². The molecule has 0 unspecified atom stereocenters. The van der Waals surface area contributed by atoms with Crippen LogP contribution in [0.5, 0.6) is 0 Å². The van der Waals surface area contributed by atoms with Crippen LogP contribution in [0.4, 0.5) is 52.7 Å². The standard InChI is InChI=1S/C22H22F12O2/c1-2-12-3-5-13(6-4-12)14-7-9-15(10-8-14)16(35)36-11-18(25,26)20(29,30)22(33,34)21(31,32)19(27,28)17(23)24/h7-10,12-13,17H,2-6,11H2,1H3/t12-,13-. The van der Waals surface area contributed by atoms with Gasteiger partial charge in [0.25, 0.3) is 0 Å². The van der Waals surface area contributed by atoms with Gasteiger partial charge in [0.05, 0.1) is 5.56 Å². The summed E-state index contributed by atoms with van der Waals surface area (Å²) < 4.78 is 162. The predicted octanol–water partition coefficient (Wildman–Crippen LogP) is 7.97. The molecule has 2 rings (SSSR count). The Morgan fingerprint density at radius 2 is 1.33 bits per heavy atom. The Morgan fingerprint density at radius 1 is 0.833 bits per heavy atom. The number of rotatable bonds is 10. The molecule has 0 radical (unpaired) electrons. The van der Waals surface area contributed by atoms with Crippen LogP contribution in [-0.2, 0) is 4.74 Å². The Hall–Kier alpha value is -2.15. The first kappa shape index (κ1) is 30.1. The normalized spacial score (nSPS) is 20.5. The van der Waals surface area contributed by atoms with Crippen LogP contribution in [0, 0.1) is 5.92 Å². The molecule has 0 spiro atoms. The van der Waals surface area contributed by atoms with Gasteiger partial charge in [-0.3, -0.25) is 0 Å². The van der Waals surface area contributed by atoms with Crippen molar-refractivity contribution in [3.8, 4) is 0 Å². The Morgan fingerprint density at radius 3 is 1.78 bits per heavy atom. The smallest absolute Gasteiger partial charge is 0.384 e. The Balaban J connectivity index is 2.11. The average Bonchev–Trinajstić information content (AvgIpc) is 2.82. The van der Waals surface area contributed by atoms with E-state index in [0.717, 1.165) is 49.8 Å². The van der Waals surface area contributed by atoms with Crippen LogP contribution in [0.2, 0.25) is 0 Å². The summed E-state index contributed by atoms with van der Waals surface area (Å²) in [6, 6.07) is 5.07. The molecule has 1 fully saturated rings. The number of hydrogen-bond acceptors (Lipinski definition) is 2. The molecule has 1 aromatic carbocycles. The summed E-state index contributed by atoms with van der Waals surface area (Å²) in [4.78, 5) is 11.9. The summed E-state index contributed by atoms with van der Waals surface area (Å²) in [5.41, 5.74) is 0.321. The van der Waals surface area contributed by atoms with Gasteiger partial charge in [-0.05, 0) is 55.2 Å². The monoisotopic (exact) mass is 546 g/mol. The van der Waals surface area contributed by atoms with Gasteiger partial charge < -0.3 is 4.74 Å². The third-order valence-electron chi connectivity index (χ3n) is 6.37. The molecule has 0 saturated heterocycles. The van der Waals surface area contributed by atoms with Crippen LogP contribution < -0.4 is 0 Å². The summed E-state index contributed by atoms with van der Waals surface area (Å²) >= 11 is 0. The molecule has 206 valence electrons. The second-order valence-corrected chi connectivity index (χ2v) is 8.68. The van der Waals surface area contributed by atoms with Crippen LogP contribution >= 0.6 is 0 Å². The largest absolute Gasteiger partial charge is 0.455 e. The summed E-state index contributed by atoms with van der Waals surface area (Å²) in [5, 5.41) is 0. The van der Waals surface area contributed by atoms with Gasteiger partial charge in [0.2, 0.25) is 0 Å².